The van der Waals surface area contributed by atoms with E-state index in [2.05, 4.69) is 32.6 Å². The number of hydrogen-bond acceptors (Lipinski definition) is 2. The predicted molar refractivity (Wildman–Crippen MR) is 94.7 cm³/mol. The van der Waals surface area contributed by atoms with Crippen LogP contribution in [0.15, 0.2) is 22.8 Å². The fourth-order valence-electron chi connectivity index (χ4n) is 4.69. The van der Waals surface area contributed by atoms with Crippen LogP contribution in [-0.2, 0) is 9.16 Å². The van der Waals surface area contributed by atoms with E-state index in [1.165, 1.54) is 31.3 Å². The molecule has 4 unspecified atom stereocenters. The van der Waals surface area contributed by atoms with Gasteiger partial charge in [-0.3, -0.25) is 0 Å². The lowest BCUT2D eigenvalue weighted by Gasteiger charge is -2.51. The third-order valence-corrected chi connectivity index (χ3v) is 6.57. The molecule has 2 bridgehead atoms. The quantitative estimate of drug-likeness (QED) is 0.504. The minimum atomic E-state index is -1.65. The smallest absolute Gasteiger partial charge is 0.184 e. The Bertz CT molecular complexity index is 494. The Balaban J connectivity index is 1.98. The Morgan fingerprint density at radius 2 is 2.23 bits per heavy atom. The molecule has 0 radical (unpaired) electrons. The Labute approximate surface area is 141 Å². The van der Waals surface area contributed by atoms with Gasteiger partial charge in [0.2, 0.25) is 0 Å². The summed E-state index contributed by atoms with van der Waals surface area (Å²) < 4.78 is 13.2. The van der Waals surface area contributed by atoms with Gasteiger partial charge in [-0.25, -0.2) is 0 Å². The first kappa shape index (κ1) is 16.8. The Morgan fingerprint density at radius 1 is 1.45 bits per heavy atom. The molecular weight excluding hydrogens is 312 g/mol. The van der Waals surface area contributed by atoms with Crippen molar-refractivity contribution in [3.8, 4) is 0 Å². The van der Waals surface area contributed by atoms with E-state index in [9.17, 15) is 0 Å². The van der Waals surface area contributed by atoms with Crippen molar-refractivity contribution in [2.75, 3.05) is 0 Å². The molecule has 0 N–H and O–H groups in total. The highest BCUT2D eigenvalue weighted by Crippen LogP contribution is 2.52. The largest absolute Gasteiger partial charge is 0.411 e. The third-order valence-electron chi connectivity index (χ3n) is 5.18. The van der Waals surface area contributed by atoms with Crippen molar-refractivity contribution in [2.24, 2.45) is 5.92 Å². The van der Waals surface area contributed by atoms with Crippen molar-refractivity contribution in [3.05, 3.63) is 22.8 Å². The van der Waals surface area contributed by atoms with Gasteiger partial charge in [-0.1, -0.05) is 29.7 Å². The van der Waals surface area contributed by atoms with Crippen LogP contribution < -0.4 is 0 Å². The zero-order valence-electron chi connectivity index (χ0n) is 14.3. The van der Waals surface area contributed by atoms with E-state index in [0.717, 1.165) is 12.8 Å². The summed E-state index contributed by atoms with van der Waals surface area (Å²) in [7, 11) is -1.65. The second kappa shape index (κ2) is 6.08. The van der Waals surface area contributed by atoms with E-state index in [1.807, 2.05) is 0 Å². The fraction of sp³-hybridized carbons (Fsp3) is 0.778. The van der Waals surface area contributed by atoms with Gasteiger partial charge in [-0.15, -0.1) is 0 Å². The topological polar surface area (TPSA) is 18.5 Å². The van der Waals surface area contributed by atoms with Crippen molar-refractivity contribution in [3.63, 3.8) is 0 Å². The van der Waals surface area contributed by atoms with Crippen LogP contribution in [0, 0.1) is 5.92 Å². The van der Waals surface area contributed by atoms with E-state index in [1.54, 1.807) is 11.1 Å². The van der Waals surface area contributed by atoms with Gasteiger partial charge in [0, 0.05) is 17.9 Å². The second-order valence-electron chi connectivity index (χ2n) is 8.30. The van der Waals surface area contributed by atoms with Crippen LogP contribution >= 0.6 is 11.6 Å². The maximum Gasteiger partial charge on any atom is 0.184 e. The third kappa shape index (κ3) is 3.23. The zero-order valence-corrected chi connectivity index (χ0v) is 16.1. The summed E-state index contributed by atoms with van der Waals surface area (Å²) in [6.45, 7) is 9.04. The highest BCUT2D eigenvalue weighted by molar-refractivity contribution is 6.69. The van der Waals surface area contributed by atoms with Gasteiger partial charge in [-0.05, 0) is 57.8 Å². The number of fused-ring (bicyclic) bond motifs is 1. The number of halogens is 1. The molecule has 2 aliphatic heterocycles. The van der Waals surface area contributed by atoms with Gasteiger partial charge in [0.1, 0.15) is 0 Å². The first-order chi connectivity index (χ1) is 10.3. The van der Waals surface area contributed by atoms with Gasteiger partial charge < -0.3 is 9.16 Å². The van der Waals surface area contributed by atoms with Crippen LogP contribution in [0.4, 0.5) is 0 Å². The summed E-state index contributed by atoms with van der Waals surface area (Å²) in [6.07, 6.45) is 9.88. The lowest BCUT2D eigenvalue weighted by atomic mass is 9.73. The van der Waals surface area contributed by atoms with Crippen molar-refractivity contribution < 1.29 is 9.16 Å². The summed E-state index contributed by atoms with van der Waals surface area (Å²) in [5, 5.41) is 0. The molecule has 1 saturated heterocycles. The zero-order chi connectivity index (χ0) is 16.0. The monoisotopic (exact) mass is 340 g/mol. The van der Waals surface area contributed by atoms with Crippen molar-refractivity contribution >= 4 is 19.9 Å². The first-order valence-electron chi connectivity index (χ1n) is 8.65. The average molecular weight is 341 g/mol. The molecule has 2 nitrogen and oxygen atoms in total. The van der Waals surface area contributed by atoms with Crippen LogP contribution in [0.2, 0.25) is 19.6 Å². The van der Waals surface area contributed by atoms with Gasteiger partial charge in [0.15, 0.2) is 8.32 Å². The SMILES string of the molecule is C/C(=C\Cl)CC1(O[Si](C)(C)C)CC2C=C3CCCCC1C3O2. The molecule has 0 amide bonds. The molecule has 3 rings (SSSR count). The molecule has 0 spiro atoms. The number of rotatable bonds is 4. The molecular formula is C18H29ClO2Si. The van der Waals surface area contributed by atoms with Gasteiger partial charge in [-0.2, -0.15) is 0 Å². The molecule has 4 heteroatoms. The minimum absolute atomic E-state index is 0.0872. The van der Waals surface area contributed by atoms with E-state index >= 15 is 0 Å². The molecule has 0 aromatic rings. The molecule has 1 saturated carbocycles. The van der Waals surface area contributed by atoms with Crippen LogP contribution in [-0.4, -0.2) is 26.1 Å². The fourth-order valence-corrected chi connectivity index (χ4v) is 6.29. The first-order valence-corrected chi connectivity index (χ1v) is 12.5. The van der Waals surface area contributed by atoms with Gasteiger partial charge in [0.05, 0.1) is 17.8 Å². The molecule has 2 fully saturated rings. The molecule has 3 aliphatic rings. The maximum atomic E-state index is 6.89. The molecule has 22 heavy (non-hydrogen) atoms. The highest BCUT2D eigenvalue weighted by atomic mass is 35.5. The lowest BCUT2D eigenvalue weighted by molar-refractivity contribution is -0.142. The van der Waals surface area contributed by atoms with Gasteiger partial charge in [0.25, 0.3) is 0 Å². The van der Waals surface area contributed by atoms with E-state index < -0.39 is 8.32 Å². The van der Waals surface area contributed by atoms with Crippen LogP contribution in [0.1, 0.15) is 45.4 Å². The Kier molecular flexibility index (Phi) is 4.63. The average Bonchev–Trinajstić information content (AvgIpc) is 2.61. The van der Waals surface area contributed by atoms with E-state index in [-0.39, 0.29) is 11.7 Å². The predicted octanol–water partition coefficient (Wildman–Crippen LogP) is 5.40. The summed E-state index contributed by atoms with van der Waals surface area (Å²) >= 11 is 6.01. The molecule has 2 heterocycles. The summed E-state index contributed by atoms with van der Waals surface area (Å²) in [5.74, 6) is 0.485. The number of hydrogen-bond donors (Lipinski definition) is 0. The summed E-state index contributed by atoms with van der Waals surface area (Å²) in [4.78, 5) is 0. The van der Waals surface area contributed by atoms with Crippen LogP contribution in [0.3, 0.4) is 0 Å². The van der Waals surface area contributed by atoms with Crippen molar-refractivity contribution in [1.29, 1.82) is 0 Å². The van der Waals surface area contributed by atoms with Gasteiger partial charge >= 0.3 is 0 Å². The summed E-state index contributed by atoms with van der Waals surface area (Å²) in [5.41, 5.74) is 4.42. The molecule has 1 aliphatic carbocycles. The van der Waals surface area contributed by atoms with Crippen LogP contribution in [0.25, 0.3) is 0 Å². The van der Waals surface area contributed by atoms with E-state index in [4.69, 9.17) is 20.8 Å². The van der Waals surface area contributed by atoms with Crippen molar-refractivity contribution in [2.45, 2.75) is 82.9 Å². The second-order valence-corrected chi connectivity index (χ2v) is 13.0. The number of ether oxygens (including phenoxy) is 1. The van der Waals surface area contributed by atoms with Crippen LogP contribution in [0.5, 0.6) is 0 Å². The molecule has 0 aromatic carbocycles. The van der Waals surface area contributed by atoms with Crippen molar-refractivity contribution in [1.82, 2.24) is 0 Å². The molecule has 124 valence electrons. The lowest BCUT2D eigenvalue weighted by Crippen LogP contribution is -2.56. The Morgan fingerprint density at radius 3 is 2.91 bits per heavy atom. The normalized spacial score (nSPS) is 38.7. The Hall–Kier alpha value is -0.0931. The molecule has 0 aromatic heterocycles. The minimum Gasteiger partial charge on any atom is -0.411 e. The summed E-state index contributed by atoms with van der Waals surface area (Å²) in [6, 6.07) is 0. The standard InChI is InChI=1S/C18H29ClO2Si/c1-13(12-19)10-18(21-22(2,3)4)11-15-9-14-7-5-6-8-16(18)17(14)20-15/h9,12,15-17H,5-8,10-11H2,1-4H3/b13-12+. The molecule has 4 atom stereocenters. The highest BCUT2D eigenvalue weighted by Gasteiger charge is 2.54. The van der Waals surface area contributed by atoms with E-state index in [0.29, 0.717) is 12.0 Å². The maximum absolute atomic E-state index is 6.89.